The van der Waals surface area contributed by atoms with Gasteiger partial charge < -0.3 is 14.8 Å². The van der Waals surface area contributed by atoms with Crippen LogP contribution in [0.5, 0.6) is 11.5 Å². The summed E-state index contributed by atoms with van der Waals surface area (Å²) in [4.78, 5) is 15.3. The largest absolute Gasteiger partial charge is 0.507 e. The molecule has 3 aromatic rings. The maximum absolute atomic E-state index is 9.93. The van der Waals surface area contributed by atoms with Gasteiger partial charge in [-0.15, -0.1) is 0 Å². The highest BCUT2D eigenvalue weighted by Crippen LogP contribution is 2.31. The Morgan fingerprint density at radius 1 is 1.33 bits per heavy atom. The number of hydrogen-bond acceptors (Lipinski definition) is 5. The van der Waals surface area contributed by atoms with Crippen molar-refractivity contribution in [2.24, 2.45) is 0 Å². The molecule has 90 valence electrons. The minimum absolute atomic E-state index is 0.0985. The van der Waals surface area contributed by atoms with Crippen LogP contribution in [0, 0.1) is 0 Å². The third-order valence-electron chi connectivity index (χ3n) is 2.62. The highest BCUT2D eigenvalue weighted by atomic mass is 16.5. The molecule has 0 fully saturated rings. The van der Waals surface area contributed by atoms with Gasteiger partial charge in [0.25, 0.3) is 0 Å². The van der Waals surface area contributed by atoms with E-state index in [0.29, 0.717) is 22.8 Å². The number of imidazole rings is 1. The SMILES string of the molecule is COc1ccc(-c2nc3ncncc3[nH]2)c(O)c1. The van der Waals surface area contributed by atoms with Crippen LogP contribution in [0.2, 0.25) is 0 Å². The Hall–Kier alpha value is -2.63. The fourth-order valence-electron chi connectivity index (χ4n) is 1.73. The predicted octanol–water partition coefficient (Wildman–Crippen LogP) is 1.73. The summed E-state index contributed by atoms with van der Waals surface area (Å²) in [5.41, 5.74) is 1.88. The molecule has 2 aromatic heterocycles. The lowest BCUT2D eigenvalue weighted by atomic mass is 10.2. The van der Waals surface area contributed by atoms with Crippen molar-refractivity contribution in [3.63, 3.8) is 0 Å². The minimum atomic E-state index is 0.0985. The Balaban J connectivity index is 2.14. The molecule has 0 aliphatic heterocycles. The number of phenols is 1. The summed E-state index contributed by atoms with van der Waals surface area (Å²) in [6, 6.07) is 5.03. The standard InChI is InChI=1S/C12H10N4O2/c1-18-7-2-3-8(10(17)4-7)11-15-9-5-13-6-14-12(9)16-11/h2-6,17H,1H3,(H,13,14,15,16). The summed E-state index contributed by atoms with van der Waals surface area (Å²) in [6.45, 7) is 0. The van der Waals surface area contributed by atoms with E-state index in [9.17, 15) is 5.11 Å². The number of nitrogens with zero attached hydrogens (tertiary/aromatic N) is 3. The molecule has 2 N–H and O–H groups in total. The summed E-state index contributed by atoms with van der Waals surface area (Å²) in [5, 5.41) is 9.93. The summed E-state index contributed by atoms with van der Waals surface area (Å²) >= 11 is 0. The highest BCUT2D eigenvalue weighted by molar-refractivity contribution is 5.77. The molecule has 1 aromatic carbocycles. The lowest BCUT2D eigenvalue weighted by Gasteiger charge is -2.03. The van der Waals surface area contributed by atoms with Gasteiger partial charge in [-0.3, -0.25) is 0 Å². The maximum atomic E-state index is 9.93. The van der Waals surface area contributed by atoms with E-state index in [1.54, 1.807) is 25.4 Å². The van der Waals surface area contributed by atoms with E-state index in [4.69, 9.17) is 4.74 Å². The molecule has 3 rings (SSSR count). The molecule has 0 radical (unpaired) electrons. The number of H-pyrrole nitrogens is 1. The molecule has 0 bridgehead atoms. The lowest BCUT2D eigenvalue weighted by molar-refractivity contribution is 0.408. The lowest BCUT2D eigenvalue weighted by Crippen LogP contribution is -1.85. The quantitative estimate of drug-likeness (QED) is 0.715. The number of methoxy groups -OCH3 is 1. The van der Waals surface area contributed by atoms with Crippen LogP contribution in [0.4, 0.5) is 0 Å². The van der Waals surface area contributed by atoms with Crippen molar-refractivity contribution in [2.75, 3.05) is 7.11 Å². The molecular weight excluding hydrogens is 232 g/mol. The Bertz CT molecular complexity index is 675. The van der Waals surface area contributed by atoms with Crippen LogP contribution in [0.3, 0.4) is 0 Å². The number of phenolic OH excluding ortho intramolecular Hbond substituents is 1. The first-order chi connectivity index (χ1) is 8.78. The first-order valence-electron chi connectivity index (χ1n) is 5.31. The second-order valence-electron chi connectivity index (χ2n) is 3.73. The zero-order valence-electron chi connectivity index (χ0n) is 9.58. The number of aromatic amines is 1. The molecule has 0 amide bonds. The van der Waals surface area contributed by atoms with Gasteiger partial charge in [-0.05, 0) is 12.1 Å². The summed E-state index contributed by atoms with van der Waals surface area (Å²) in [5.74, 6) is 1.24. The molecule has 0 saturated heterocycles. The number of nitrogens with one attached hydrogen (secondary N) is 1. The summed E-state index contributed by atoms with van der Waals surface area (Å²) < 4.78 is 5.03. The van der Waals surface area contributed by atoms with Crippen LogP contribution in [0.25, 0.3) is 22.6 Å². The molecular formula is C12H10N4O2. The van der Waals surface area contributed by atoms with E-state index in [1.165, 1.54) is 12.4 Å². The second-order valence-corrected chi connectivity index (χ2v) is 3.73. The van der Waals surface area contributed by atoms with Crippen molar-refractivity contribution in [2.45, 2.75) is 0 Å². The maximum Gasteiger partial charge on any atom is 0.181 e. The van der Waals surface area contributed by atoms with Gasteiger partial charge in [-0.1, -0.05) is 0 Å². The van der Waals surface area contributed by atoms with Gasteiger partial charge in [-0.25, -0.2) is 15.0 Å². The molecule has 0 atom stereocenters. The first kappa shape index (κ1) is 10.5. The zero-order chi connectivity index (χ0) is 12.5. The zero-order valence-corrected chi connectivity index (χ0v) is 9.58. The van der Waals surface area contributed by atoms with Crippen molar-refractivity contribution < 1.29 is 9.84 Å². The molecule has 0 spiro atoms. The average Bonchev–Trinajstić information content (AvgIpc) is 2.81. The smallest absolute Gasteiger partial charge is 0.181 e. The summed E-state index contributed by atoms with van der Waals surface area (Å²) in [7, 11) is 1.55. The van der Waals surface area contributed by atoms with Crippen molar-refractivity contribution >= 4 is 11.2 Å². The van der Waals surface area contributed by atoms with E-state index in [0.717, 1.165) is 5.52 Å². The number of fused-ring (bicyclic) bond motifs is 1. The molecule has 0 unspecified atom stereocenters. The third kappa shape index (κ3) is 1.64. The van der Waals surface area contributed by atoms with Gasteiger partial charge in [0.05, 0.1) is 18.9 Å². The van der Waals surface area contributed by atoms with Crippen LogP contribution < -0.4 is 4.74 Å². The second kappa shape index (κ2) is 3.99. The van der Waals surface area contributed by atoms with Gasteiger partial charge in [0.15, 0.2) is 5.65 Å². The molecule has 6 heteroatoms. The number of ether oxygens (including phenoxy) is 1. The van der Waals surface area contributed by atoms with Gasteiger partial charge in [0, 0.05) is 6.07 Å². The Morgan fingerprint density at radius 3 is 2.94 bits per heavy atom. The van der Waals surface area contributed by atoms with Gasteiger partial charge in [0.2, 0.25) is 0 Å². The van der Waals surface area contributed by atoms with Gasteiger partial charge in [0.1, 0.15) is 29.2 Å². The van der Waals surface area contributed by atoms with Crippen molar-refractivity contribution in [1.82, 2.24) is 19.9 Å². The molecule has 0 saturated carbocycles. The monoisotopic (exact) mass is 242 g/mol. The Morgan fingerprint density at radius 2 is 2.22 bits per heavy atom. The van der Waals surface area contributed by atoms with Crippen molar-refractivity contribution in [3.05, 3.63) is 30.7 Å². The van der Waals surface area contributed by atoms with Crippen LogP contribution in [-0.4, -0.2) is 32.2 Å². The molecule has 0 aliphatic rings. The number of rotatable bonds is 2. The van der Waals surface area contributed by atoms with E-state index in [1.807, 2.05) is 0 Å². The van der Waals surface area contributed by atoms with Crippen LogP contribution in [0.1, 0.15) is 0 Å². The third-order valence-corrected chi connectivity index (χ3v) is 2.62. The number of hydrogen-bond donors (Lipinski definition) is 2. The summed E-state index contributed by atoms with van der Waals surface area (Å²) in [6.07, 6.45) is 3.07. The molecule has 6 nitrogen and oxygen atoms in total. The van der Waals surface area contributed by atoms with Gasteiger partial charge >= 0.3 is 0 Å². The Kier molecular flexibility index (Phi) is 2.33. The van der Waals surface area contributed by atoms with E-state index in [2.05, 4.69) is 19.9 Å². The number of aromatic nitrogens is 4. The topological polar surface area (TPSA) is 83.9 Å². The highest BCUT2D eigenvalue weighted by Gasteiger charge is 2.10. The van der Waals surface area contributed by atoms with Crippen LogP contribution >= 0.6 is 0 Å². The van der Waals surface area contributed by atoms with Crippen molar-refractivity contribution in [1.29, 1.82) is 0 Å². The van der Waals surface area contributed by atoms with Crippen LogP contribution in [-0.2, 0) is 0 Å². The minimum Gasteiger partial charge on any atom is -0.507 e. The van der Waals surface area contributed by atoms with E-state index in [-0.39, 0.29) is 5.75 Å². The fourth-order valence-corrected chi connectivity index (χ4v) is 1.73. The van der Waals surface area contributed by atoms with Crippen molar-refractivity contribution in [3.8, 4) is 22.9 Å². The number of aromatic hydroxyl groups is 1. The van der Waals surface area contributed by atoms with E-state index >= 15 is 0 Å². The molecule has 0 aliphatic carbocycles. The average molecular weight is 242 g/mol. The van der Waals surface area contributed by atoms with Gasteiger partial charge in [-0.2, -0.15) is 0 Å². The predicted molar refractivity (Wildman–Crippen MR) is 65.3 cm³/mol. The normalized spacial score (nSPS) is 10.7. The van der Waals surface area contributed by atoms with E-state index < -0.39 is 0 Å². The fraction of sp³-hybridized carbons (Fsp3) is 0.0833. The number of benzene rings is 1. The molecule has 18 heavy (non-hydrogen) atoms. The first-order valence-corrected chi connectivity index (χ1v) is 5.31. The Labute approximate surface area is 102 Å². The van der Waals surface area contributed by atoms with Crippen LogP contribution in [0.15, 0.2) is 30.7 Å². The molecule has 2 heterocycles.